The molecule has 0 amide bonds. The minimum absolute atomic E-state index is 0.0639. The van der Waals surface area contributed by atoms with Crippen molar-refractivity contribution in [3.63, 3.8) is 0 Å². The Morgan fingerprint density at radius 2 is 2.35 bits per heavy atom. The van der Waals surface area contributed by atoms with Gasteiger partial charge in [-0.25, -0.2) is 14.2 Å². The molecule has 0 spiro atoms. The third-order valence-corrected chi connectivity index (χ3v) is 2.21. The maximum Gasteiger partial charge on any atom is 0.339 e. The standard InChI is InChI=1S/C11H15FN2O3/c1-2-3-8(15)6-14-10-9(11(16)17)4-7(12)5-13-10/h4-5,8,15H,2-3,6H2,1H3,(H,13,14)(H,16,17). The normalized spacial score (nSPS) is 12.2. The second kappa shape index (κ2) is 6.15. The molecule has 1 unspecified atom stereocenters. The van der Waals surface area contributed by atoms with Crippen molar-refractivity contribution in [3.05, 3.63) is 23.6 Å². The number of carboxylic acid groups (broad SMARTS) is 1. The predicted molar refractivity (Wildman–Crippen MR) is 60.6 cm³/mol. The van der Waals surface area contributed by atoms with Gasteiger partial charge in [0.1, 0.15) is 17.2 Å². The van der Waals surface area contributed by atoms with Crippen LogP contribution in [0.25, 0.3) is 0 Å². The van der Waals surface area contributed by atoms with Crippen molar-refractivity contribution < 1.29 is 19.4 Å². The van der Waals surface area contributed by atoms with E-state index in [0.29, 0.717) is 6.42 Å². The third-order valence-electron chi connectivity index (χ3n) is 2.21. The van der Waals surface area contributed by atoms with Crippen LogP contribution in [0.2, 0.25) is 0 Å². The Balaban J connectivity index is 2.73. The summed E-state index contributed by atoms with van der Waals surface area (Å²) in [5, 5.41) is 21.0. The van der Waals surface area contributed by atoms with Gasteiger partial charge in [0.2, 0.25) is 0 Å². The first-order chi connectivity index (χ1) is 8.04. The summed E-state index contributed by atoms with van der Waals surface area (Å²) in [6.45, 7) is 2.12. The lowest BCUT2D eigenvalue weighted by Crippen LogP contribution is -2.21. The maximum absolute atomic E-state index is 12.8. The van der Waals surface area contributed by atoms with E-state index in [-0.39, 0.29) is 17.9 Å². The van der Waals surface area contributed by atoms with E-state index in [0.717, 1.165) is 18.7 Å². The average molecular weight is 242 g/mol. The van der Waals surface area contributed by atoms with E-state index in [2.05, 4.69) is 10.3 Å². The van der Waals surface area contributed by atoms with Crippen LogP contribution >= 0.6 is 0 Å². The van der Waals surface area contributed by atoms with Crippen LogP contribution in [0.4, 0.5) is 10.2 Å². The highest BCUT2D eigenvalue weighted by molar-refractivity contribution is 5.93. The predicted octanol–water partition coefficient (Wildman–Crippen LogP) is 1.49. The van der Waals surface area contributed by atoms with E-state index in [1.807, 2.05) is 6.92 Å². The second-order valence-electron chi connectivity index (χ2n) is 3.68. The van der Waals surface area contributed by atoms with Gasteiger partial charge in [0.05, 0.1) is 12.3 Å². The van der Waals surface area contributed by atoms with Crippen molar-refractivity contribution >= 4 is 11.8 Å². The Bertz CT molecular complexity index is 398. The third kappa shape index (κ3) is 3.99. The molecule has 94 valence electrons. The molecule has 1 aromatic rings. The van der Waals surface area contributed by atoms with Crippen molar-refractivity contribution in [3.8, 4) is 0 Å². The molecule has 1 atom stereocenters. The lowest BCUT2D eigenvalue weighted by Gasteiger charge is -2.12. The van der Waals surface area contributed by atoms with E-state index in [1.165, 1.54) is 0 Å². The Morgan fingerprint density at radius 1 is 1.65 bits per heavy atom. The molecule has 0 aliphatic carbocycles. The van der Waals surface area contributed by atoms with Crippen molar-refractivity contribution in [1.82, 2.24) is 4.98 Å². The second-order valence-corrected chi connectivity index (χ2v) is 3.68. The molecule has 5 nitrogen and oxygen atoms in total. The molecule has 6 heteroatoms. The van der Waals surface area contributed by atoms with Gasteiger partial charge in [0.25, 0.3) is 0 Å². The number of aromatic carboxylic acids is 1. The zero-order valence-corrected chi connectivity index (χ0v) is 9.48. The number of anilines is 1. The van der Waals surface area contributed by atoms with Gasteiger partial charge in [-0.2, -0.15) is 0 Å². The molecule has 1 rings (SSSR count). The molecule has 1 aromatic heterocycles. The minimum Gasteiger partial charge on any atom is -0.478 e. The number of carboxylic acids is 1. The van der Waals surface area contributed by atoms with Crippen LogP contribution in [0.1, 0.15) is 30.1 Å². The van der Waals surface area contributed by atoms with Gasteiger partial charge in [-0.3, -0.25) is 0 Å². The molecule has 0 saturated heterocycles. The topological polar surface area (TPSA) is 82.5 Å². The van der Waals surface area contributed by atoms with Crippen LogP contribution in [-0.4, -0.2) is 33.8 Å². The zero-order chi connectivity index (χ0) is 12.8. The molecule has 1 heterocycles. The van der Waals surface area contributed by atoms with Crippen molar-refractivity contribution in [2.45, 2.75) is 25.9 Å². The molecule has 3 N–H and O–H groups in total. The van der Waals surface area contributed by atoms with Crippen molar-refractivity contribution in [2.75, 3.05) is 11.9 Å². The van der Waals surface area contributed by atoms with Crippen LogP contribution in [-0.2, 0) is 0 Å². The minimum atomic E-state index is -1.26. The molecular weight excluding hydrogens is 227 g/mol. The van der Waals surface area contributed by atoms with Gasteiger partial charge in [-0.15, -0.1) is 0 Å². The molecule has 0 bridgehead atoms. The first kappa shape index (κ1) is 13.4. The van der Waals surface area contributed by atoms with E-state index < -0.39 is 17.9 Å². The largest absolute Gasteiger partial charge is 0.478 e. The number of rotatable bonds is 6. The fraction of sp³-hybridized carbons (Fsp3) is 0.455. The number of aromatic nitrogens is 1. The van der Waals surface area contributed by atoms with Gasteiger partial charge in [0.15, 0.2) is 0 Å². The average Bonchev–Trinajstić information content (AvgIpc) is 2.27. The first-order valence-electron chi connectivity index (χ1n) is 5.35. The highest BCUT2D eigenvalue weighted by Crippen LogP contribution is 2.13. The lowest BCUT2D eigenvalue weighted by molar-refractivity contribution is 0.0696. The summed E-state index contributed by atoms with van der Waals surface area (Å²) < 4.78 is 12.8. The molecule has 0 aliphatic rings. The Morgan fingerprint density at radius 3 is 2.94 bits per heavy atom. The van der Waals surface area contributed by atoms with Gasteiger partial charge >= 0.3 is 5.97 Å². The van der Waals surface area contributed by atoms with E-state index in [4.69, 9.17) is 5.11 Å². The van der Waals surface area contributed by atoms with Crippen molar-refractivity contribution in [1.29, 1.82) is 0 Å². The number of aliphatic hydroxyl groups is 1. The van der Waals surface area contributed by atoms with Gasteiger partial charge in [-0.1, -0.05) is 13.3 Å². The first-order valence-corrected chi connectivity index (χ1v) is 5.35. The summed E-state index contributed by atoms with van der Waals surface area (Å²) >= 11 is 0. The maximum atomic E-state index is 12.8. The summed E-state index contributed by atoms with van der Waals surface area (Å²) in [5.74, 6) is -1.90. The van der Waals surface area contributed by atoms with Crippen LogP contribution in [0.3, 0.4) is 0 Å². The smallest absolute Gasteiger partial charge is 0.339 e. The highest BCUT2D eigenvalue weighted by Gasteiger charge is 2.13. The van der Waals surface area contributed by atoms with Gasteiger partial charge in [0, 0.05) is 6.54 Å². The number of hydrogen-bond donors (Lipinski definition) is 3. The fourth-order valence-corrected chi connectivity index (χ4v) is 1.39. The number of hydrogen-bond acceptors (Lipinski definition) is 4. The molecule has 0 aromatic carbocycles. The number of halogens is 1. The molecule has 0 aliphatic heterocycles. The van der Waals surface area contributed by atoms with Crippen LogP contribution in [0.15, 0.2) is 12.3 Å². The Hall–Kier alpha value is -1.69. The van der Waals surface area contributed by atoms with E-state index >= 15 is 0 Å². The van der Waals surface area contributed by atoms with Crippen LogP contribution in [0.5, 0.6) is 0 Å². The molecule has 0 saturated carbocycles. The van der Waals surface area contributed by atoms with Crippen LogP contribution in [0, 0.1) is 5.82 Å². The summed E-state index contributed by atoms with van der Waals surface area (Å²) in [6, 6.07) is 0.893. The summed E-state index contributed by atoms with van der Waals surface area (Å²) in [4.78, 5) is 14.5. The zero-order valence-electron chi connectivity index (χ0n) is 9.48. The number of aliphatic hydroxyl groups excluding tert-OH is 1. The van der Waals surface area contributed by atoms with E-state index in [9.17, 15) is 14.3 Å². The summed E-state index contributed by atoms with van der Waals surface area (Å²) in [6.07, 6.45) is 1.79. The van der Waals surface area contributed by atoms with Gasteiger partial charge < -0.3 is 15.5 Å². The number of carbonyl (C=O) groups is 1. The molecule has 0 fully saturated rings. The monoisotopic (exact) mass is 242 g/mol. The van der Waals surface area contributed by atoms with Gasteiger partial charge in [-0.05, 0) is 12.5 Å². The number of nitrogens with one attached hydrogen (secondary N) is 1. The Labute approximate surface area is 98.3 Å². The quantitative estimate of drug-likeness (QED) is 0.704. The molecule has 0 radical (unpaired) electrons. The lowest BCUT2D eigenvalue weighted by atomic mass is 10.2. The summed E-state index contributed by atoms with van der Waals surface area (Å²) in [5.41, 5.74) is -0.242. The fourth-order valence-electron chi connectivity index (χ4n) is 1.39. The SMILES string of the molecule is CCCC(O)CNc1ncc(F)cc1C(=O)O. The summed E-state index contributed by atoms with van der Waals surface area (Å²) in [7, 11) is 0. The molecule has 17 heavy (non-hydrogen) atoms. The number of pyridine rings is 1. The van der Waals surface area contributed by atoms with Crippen molar-refractivity contribution in [2.24, 2.45) is 0 Å². The molecular formula is C11H15FN2O3. The Kier molecular flexibility index (Phi) is 4.84. The van der Waals surface area contributed by atoms with E-state index in [1.54, 1.807) is 0 Å². The number of nitrogens with zero attached hydrogens (tertiary/aromatic N) is 1. The highest BCUT2D eigenvalue weighted by atomic mass is 19.1. The van der Waals surface area contributed by atoms with Crippen LogP contribution < -0.4 is 5.32 Å².